The van der Waals surface area contributed by atoms with Crippen LogP contribution in [-0.4, -0.2) is 30.8 Å². The van der Waals surface area contributed by atoms with Gasteiger partial charge in [0.25, 0.3) is 0 Å². The van der Waals surface area contributed by atoms with Gasteiger partial charge in [-0.05, 0) is 32.9 Å². The average molecular weight is 279 g/mol. The maximum atomic E-state index is 10.7. The first kappa shape index (κ1) is 15.9. The van der Waals surface area contributed by atoms with Crippen molar-refractivity contribution < 1.29 is 19.4 Å². The zero-order valence-corrected chi connectivity index (χ0v) is 12.1. The van der Waals surface area contributed by atoms with Crippen LogP contribution in [-0.2, 0) is 4.79 Å². The largest absolute Gasteiger partial charge is 0.490 e. The predicted octanol–water partition coefficient (Wildman–Crippen LogP) is 2.93. The van der Waals surface area contributed by atoms with Gasteiger partial charge in [-0.15, -0.1) is 0 Å². The third kappa shape index (κ3) is 4.84. The molecule has 0 aliphatic heterocycles. The molecular formula is C15H21NO4. The molecular weight excluding hydrogens is 258 g/mol. The van der Waals surface area contributed by atoms with E-state index in [1.54, 1.807) is 13.0 Å². The van der Waals surface area contributed by atoms with Crippen molar-refractivity contribution in [2.75, 3.05) is 25.1 Å². The number of hydrogen-bond donors (Lipinski definition) is 2. The molecule has 0 saturated carbocycles. The third-order valence-corrected chi connectivity index (χ3v) is 2.60. The maximum absolute atomic E-state index is 10.7. The number of carboxylic acid groups (broad SMARTS) is 1. The number of hydrogen-bond acceptors (Lipinski definition) is 4. The lowest BCUT2D eigenvalue weighted by molar-refractivity contribution is -0.132. The molecule has 110 valence electrons. The van der Waals surface area contributed by atoms with Crippen LogP contribution in [0.3, 0.4) is 0 Å². The Labute approximate surface area is 119 Å². The number of benzene rings is 1. The molecule has 2 N–H and O–H groups in total. The molecule has 0 bridgehead atoms. The summed E-state index contributed by atoms with van der Waals surface area (Å²) in [5, 5.41) is 11.9. The molecule has 5 heteroatoms. The summed E-state index contributed by atoms with van der Waals surface area (Å²) in [7, 11) is 0. The number of carbonyl (C=O) groups is 1. The van der Waals surface area contributed by atoms with Crippen LogP contribution < -0.4 is 14.8 Å². The first-order valence-electron chi connectivity index (χ1n) is 6.62. The standard InChI is InChI=1S/C15H21NO4/c1-4-19-13-7-6-12(10-14(13)20-5-2)16-9-8-11(3)15(17)18/h6-8,10,16H,4-5,9H2,1-3H3,(H,17,18)/b11-8-. The fourth-order valence-electron chi connectivity index (χ4n) is 1.57. The Morgan fingerprint density at radius 1 is 1.25 bits per heavy atom. The normalized spacial score (nSPS) is 11.1. The summed E-state index contributed by atoms with van der Waals surface area (Å²) in [4.78, 5) is 10.7. The number of carboxylic acids is 1. The molecule has 1 rings (SSSR count). The minimum absolute atomic E-state index is 0.313. The van der Waals surface area contributed by atoms with Gasteiger partial charge in [0.1, 0.15) is 0 Å². The second kappa shape index (κ2) is 8.09. The van der Waals surface area contributed by atoms with Gasteiger partial charge in [-0.25, -0.2) is 4.79 Å². The van der Waals surface area contributed by atoms with Crippen molar-refractivity contribution in [1.82, 2.24) is 0 Å². The van der Waals surface area contributed by atoms with E-state index >= 15 is 0 Å². The minimum Gasteiger partial charge on any atom is -0.490 e. The summed E-state index contributed by atoms with van der Waals surface area (Å²) in [6.07, 6.45) is 1.62. The van der Waals surface area contributed by atoms with Crippen LogP contribution in [0.2, 0.25) is 0 Å². The van der Waals surface area contributed by atoms with Gasteiger partial charge >= 0.3 is 5.97 Å². The Balaban J connectivity index is 2.74. The topological polar surface area (TPSA) is 67.8 Å². The number of rotatable bonds is 8. The van der Waals surface area contributed by atoms with E-state index in [1.807, 2.05) is 32.0 Å². The SMILES string of the molecule is CCOc1ccc(NC/C=C(/C)C(=O)O)cc1OCC. The van der Waals surface area contributed by atoms with Gasteiger partial charge in [0.05, 0.1) is 13.2 Å². The van der Waals surface area contributed by atoms with Crippen molar-refractivity contribution in [2.45, 2.75) is 20.8 Å². The first-order valence-corrected chi connectivity index (χ1v) is 6.62. The lowest BCUT2D eigenvalue weighted by atomic mass is 10.2. The molecule has 0 aliphatic rings. The van der Waals surface area contributed by atoms with Gasteiger partial charge in [0.15, 0.2) is 11.5 Å². The molecule has 0 unspecified atom stereocenters. The van der Waals surface area contributed by atoms with Crippen molar-refractivity contribution in [1.29, 1.82) is 0 Å². The smallest absolute Gasteiger partial charge is 0.331 e. The first-order chi connectivity index (χ1) is 9.58. The molecule has 0 aliphatic carbocycles. The highest BCUT2D eigenvalue weighted by atomic mass is 16.5. The molecule has 1 aromatic carbocycles. The highest BCUT2D eigenvalue weighted by Crippen LogP contribution is 2.30. The molecule has 0 aromatic heterocycles. The minimum atomic E-state index is -0.909. The van der Waals surface area contributed by atoms with Crippen molar-refractivity contribution in [3.05, 3.63) is 29.8 Å². The molecule has 0 heterocycles. The van der Waals surface area contributed by atoms with Crippen molar-refractivity contribution in [3.63, 3.8) is 0 Å². The second-order valence-electron chi connectivity index (χ2n) is 4.10. The quantitative estimate of drug-likeness (QED) is 0.716. The number of anilines is 1. The lowest BCUT2D eigenvalue weighted by Crippen LogP contribution is -2.04. The van der Waals surface area contributed by atoms with Gasteiger partial charge < -0.3 is 19.9 Å². The number of nitrogens with one attached hydrogen (secondary N) is 1. The predicted molar refractivity (Wildman–Crippen MR) is 78.7 cm³/mol. The zero-order valence-electron chi connectivity index (χ0n) is 12.1. The summed E-state index contributed by atoms with van der Waals surface area (Å²) < 4.78 is 11.0. The van der Waals surface area contributed by atoms with Crippen molar-refractivity contribution >= 4 is 11.7 Å². The molecule has 0 fully saturated rings. The number of ether oxygens (including phenoxy) is 2. The summed E-state index contributed by atoms with van der Waals surface area (Å²) in [6.45, 7) is 6.97. The third-order valence-electron chi connectivity index (χ3n) is 2.60. The average Bonchev–Trinajstić information content (AvgIpc) is 2.41. The van der Waals surface area contributed by atoms with Crippen LogP contribution in [0.1, 0.15) is 20.8 Å². The fraction of sp³-hybridized carbons (Fsp3) is 0.400. The highest BCUT2D eigenvalue weighted by molar-refractivity contribution is 5.85. The van der Waals surface area contributed by atoms with Crippen LogP contribution in [0.5, 0.6) is 11.5 Å². The monoisotopic (exact) mass is 279 g/mol. The molecule has 5 nitrogen and oxygen atoms in total. The van der Waals surface area contributed by atoms with Gasteiger partial charge in [0, 0.05) is 23.9 Å². The van der Waals surface area contributed by atoms with Crippen LogP contribution in [0.25, 0.3) is 0 Å². The molecule has 20 heavy (non-hydrogen) atoms. The summed E-state index contributed by atoms with van der Waals surface area (Å²) in [5.74, 6) is 0.476. The van der Waals surface area contributed by atoms with E-state index in [9.17, 15) is 4.79 Å². The van der Waals surface area contributed by atoms with Crippen molar-refractivity contribution in [3.8, 4) is 11.5 Å². The van der Waals surface area contributed by atoms with Gasteiger partial charge in [0.2, 0.25) is 0 Å². The molecule has 1 aromatic rings. The summed E-state index contributed by atoms with van der Waals surface area (Å²) >= 11 is 0. The van der Waals surface area contributed by atoms with Crippen LogP contribution in [0.4, 0.5) is 5.69 Å². The molecule has 0 radical (unpaired) electrons. The van der Waals surface area contributed by atoms with Crippen LogP contribution in [0.15, 0.2) is 29.8 Å². The molecule has 0 spiro atoms. The molecule has 0 atom stereocenters. The van der Waals surface area contributed by atoms with Gasteiger partial charge in [-0.2, -0.15) is 0 Å². The summed E-state index contributed by atoms with van der Waals surface area (Å²) in [6, 6.07) is 5.56. The maximum Gasteiger partial charge on any atom is 0.331 e. The van der Waals surface area contributed by atoms with Gasteiger partial charge in [-0.3, -0.25) is 0 Å². The van der Waals surface area contributed by atoms with Crippen LogP contribution in [0, 0.1) is 0 Å². The van der Waals surface area contributed by atoms with E-state index in [0.717, 1.165) is 5.69 Å². The van der Waals surface area contributed by atoms with Crippen molar-refractivity contribution in [2.24, 2.45) is 0 Å². The van der Waals surface area contributed by atoms with E-state index in [0.29, 0.717) is 36.8 Å². The Hall–Kier alpha value is -2.17. The molecule has 0 saturated heterocycles. The van der Waals surface area contributed by atoms with E-state index in [1.165, 1.54) is 0 Å². The zero-order chi connectivity index (χ0) is 15.0. The summed E-state index contributed by atoms with van der Waals surface area (Å²) in [5.41, 5.74) is 1.17. The lowest BCUT2D eigenvalue weighted by Gasteiger charge is -2.13. The van der Waals surface area contributed by atoms with E-state index in [4.69, 9.17) is 14.6 Å². The second-order valence-corrected chi connectivity index (χ2v) is 4.10. The Bertz CT molecular complexity index is 483. The molecule has 0 amide bonds. The Kier molecular flexibility index (Phi) is 6.43. The van der Waals surface area contributed by atoms with E-state index < -0.39 is 5.97 Å². The van der Waals surface area contributed by atoms with E-state index in [-0.39, 0.29) is 0 Å². The van der Waals surface area contributed by atoms with Crippen LogP contribution >= 0.6 is 0 Å². The highest BCUT2D eigenvalue weighted by Gasteiger charge is 2.05. The number of aliphatic carboxylic acids is 1. The Morgan fingerprint density at radius 3 is 2.50 bits per heavy atom. The van der Waals surface area contributed by atoms with E-state index in [2.05, 4.69) is 5.32 Å². The van der Waals surface area contributed by atoms with Gasteiger partial charge in [-0.1, -0.05) is 6.08 Å². The Morgan fingerprint density at radius 2 is 1.90 bits per heavy atom. The fourth-order valence-corrected chi connectivity index (χ4v) is 1.57.